The van der Waals surface area contributed by atoms with E-state index >= 15 is 0 Å². The molecule has 2 aromatic heterocycles. The van der Waals surface area contributed by atoms with Crippen molar-refractivity contribution in [1.82, 2.24) is 14.6 Å². The highest BCUT2D eigenvalue weighted by molar-refractivity contribution is 5.90. The number of nitrogens with zero attached hydrogens (tertiary/aromatic N) is 3. The number of hydrogen-bond donors (Lipinski definition) is 1. The highest BCUT2D eigenvalue weighted by Crippen LogP contribution is 2.28. The Balaban J connectivity index is 2.07. The summed E-state index contributed by atoms with van der Waals surface area (Å²) in [7, 11) is 0. The molecule has 106 valence electrons. The summed E-state index contributed by atoms with van der Waals surface area (Å²) in [6, 6.07) is 6.77. The summed E-state index contributed by atoms with van der Waals surface area (Å²) in [6.07, 6.45) is 3.32. The van der Waals surface area contributed by atoms with Crippen LogP contribution in [0, 0.1) is 13.8 Å². The van der Waals surface area contributed by atoms with Gasteiger partial charge in [-0.25, -0.2) is 14.3 Å². The number of carbonyl (C=O) groups is 1. The van der Waals surface area contributed by atoms with Crippen molar-refractivity contribution in [1.29, 1.82) is 0 Å². The van der Waals surface area contributed by atoms with Crippen LogP contribution >= 0.6 is 0 Å². The number of carboxylic acid groups (broad SMARTS) is 1. The molecule has 0 atom stereocenters. The molecule has 0 fully saturated rings. The number of rotatable bonds is 3. The number of ether oxygens (including phenoxy) is 1. The smallest absolute Gasteiger partial charge is 0.336 e. The third kappa shape index (κ3) is 2.31. The number of fused-ring (bicyclic) bond motifs is 1. The van der Waals surface area contributed by atoms with Crippen LogP contribution in [-0.4, -0.2) is 25.7 Å². The fourth-order valence-corrected chi connectivity index (χ4v) is 2.16. The van der Waals surface area contributed by atoms with Gasteiger partial charge in [-0.2, -0.15) is 5.10 Å². The molecule has 1 aromatic carbocycles. The Hall–Kier alpha value is -2.89. The predicted molar refractivity (Wildman–Crippen MR) is 75.9 cm³/mol. The standard InChI is InChI=1S/C15H13N3O3/c1-9-8-12-14(16-6-7-18(12)17-9)21-13-5-3-4-11(10(13)2)15(19)20/h3-8H,1-2H3,(H,19,20). The summed E-state index contributed by atoms with van der Waals surface area (Å²) < 4.78 is 7.47. The van der Waals surface area contributed by atoms with Gasteiger partial charge in [-0.3, -0.25) is 0 Å². The largest absolute Gasteiger partial charge is 0.478 e. The normalized spacial score (nSPS) is 10.8. The monoisotopic (exact) mass is 283 g/mol. The highest BCUT2D eigenvalue weighted by atomic mass is 16.5. The fourth-order valence-electron chi connectivity index (χ4n) is 2.16. The van der Waals surface area contributed by atoms with E-state index in [1.54, 1.807) is 42.0 Å². The summed E-state index contributed by atoms with van der Waals surface area (Å²) >= 11 is 0. The lowest BCUT2D eigenvalue weighted by Gasteiger charge is -2.10. The molecule has 0 aliphatic heterocycles. The summed E-state index contributed by atoms with van der Waals surface area (Å²) in [5.74, 6) is -0.123. The van der Waals surface area contributed by atoms with E-state index in [4.69, 9.17) is 9.84 Å². The molecule has 6 nitrogen and oxygen atoms in total. The number of hydrogen-bond acceptors (Lipinski definition) is 4. The van der Waals surface area contributed by atoms with Gasteiger partial charge in [0.2, 0.25) is 5.88 Å². The number of carboxylic acids is 1. The molecule has 6 heteroatoms. The van der Waals surface area contributed by atoms with Crippen LogP contribution in [0.3, 0.4) is 0 Å². The molecule has 0 aliphatic rings. The van der Waals surface area contributed by atoms with Gasteiger partial charge in [-0.05, 0) is 32.0 Å². The molecule has 0 aliphatic carbocycles. The molecule has 21 heavy (non-hydrogen) atoms. The lowest BCUT2D eigenvalue weighted by molar-refractivity contribution is 0.0695. The molecular formula is C15H13N3O3. The van der Waals surface area contributed by atoms with E-state index in [1.807, 2.05) is 13.0 Å². The van der Waals surface area contributed by atoms with Crippen molar-refractivity contribution in [2.75, 3.05) is 0 Å². The van der Waals surface area contributed by atoms with Crippen LogP contribution in [0.1, 0.15) is 21.6 Å². The summed E-state index contributed by atoms with van der Waals surface area (Å²) in [5.41, 5.74) is 2.35. The Labute approximate surface area is 120 Å². The minimum absolute atomic E-state index is 0.212. The van der Waals surface area contributed by atoms with Crippen molar-refractivity contribution in [3.05, 3.63) is 53.5 Å². The van der Waals surface area contributed by atoms with Gasteiger partial charge in [0.05, 0.1) is 11.3 Å². The second-order valence-corrected chi connectivity index (χ2v) is 4.68. The summed E-state index contributed by atoms with van der Waals surface area (Å²) in [5, 5.41) is 13.4. The van der Waals surface area contributed by atoms with Crippen LogP contribution in [0.25, 0.3) is 5.52 Å². The Morgan fingerprint density at radius 1 is 1.33 bits per heavy atom. The molecule has 3 rings (SSSR count). The third-order valence-corrected chi connectivity index (χ3v) is 3.20. The van der Waals surface area contributed by atoms with Crippen LogP contribution in [0.15, 0.2) is 36.7 Å². The van der Waals surface area contributed by atoms with Crippen molar-refractivity contribution >= 4 is 11.5 Å². The van der Waals surface area contributed by atoms with Gasteiger partial charge < -0.3 is 9.84 Å². The second kappa shape index (κ2) is 4.90. The molecule has 0 spiro atoms. The molecule has 0 saturated carbocycles. The van der Waals surface area contributed by atoms with E-state index in [-0.39, 0.29) is 5.56 Å². The molecular weight excluding hydrogens is 270 g/mol. The molecule has 0 unspecified atom stereocenters. The number of aromatic nitrogens is 3. The molecule has 0 amide bonds. The van der Waals surface area contributed by atoms with Crippen molar-refractivity contribution in [2.24, 2.45) is 0 Å². The molecule has 0 radical (unpaired) electrons. The maximum absolute atomic E-state index is 11.2. The van der Waals surface area contributed by atoms with Gasteiger partial charge >= 0.3 is 5.97 Å². The number of aromatic carboxylic acids is 1. The maximum Gasteiger partial charge on any atom is 0.336 e. The van der Waals surface area contributed by atoms with Crippen molar-refractivity contribution in [3.63, 3.8) is 0 Å². The van der Waals surface area contributed by atoms with Gasteiger partial charge in [-0.15, -0.1) is 0 Å². The van der Waals surface area contributed by atoms with E-state index in [9.17, 15) is 4.79 Å². The van der Waals surface area contributed by atoms with Crippen LogP contribution < -0.4 is 4.74 Å². The first kappa shape index (κ1) is 13.1. The predicted octanol–water partition coefficient (Wildman–Crippen LogP) is 2.84. The van der Waals surface area contributed by atoms with Gasteiger partial charge in [-0.1, -0.05) is 6.07 Å². The van der Waals surface area contributed by atoms with Crippen LogP contribution in [-0.2, 0) is 0 Å². The third-order valence-electron chi connectivity index (χ3n) is 3.20. The van der Waals surface area contributed by atoms with Crippen molar-refractivity contribution < 1.29 is 14.6 Å². The first-order valence-corrected chi connectivity index (χ1v) is 6.38. The topological polar surface area (TPSA) is 76.7 Å². The SMILES string of the molecule is Cc1cc2c(Oc3cccc(C(=O)O)c3C)nccn2n1. The highest BCUT2D eigenvalue weighted by Gasteiger charge is 2.14. The Bertz CT molecular complexity index is 839. The zero-order valence-electron chi connectivity index (χ0n) is 11.6. The molecule has 0 bridgehead atoms. The molecule has 1 N–H and O–H groups in total. The van der Waals surface area contributed by atoms with Crippen LogP contribution in [0.2, 0.25) is 0 Å². The average Bonchev–Trinajstić information content (AvgIpc) is 2.82. The molecule has 3 aromatic rings. The minimum Gasteiger partial charge on any atom is -0.478 e. The van der Waals surface area contributed by atoms with Crippen LogP contribution in [0.5, 0.6) is 11.6 Å². The van der Waals surface area contributed by atoms with Gasteiger partial charge in [0.15, 0.2) is 0 Å². The average molecular weight is 283 g/mol. The second-order valence-electron chi connectivity index (χ2n) is 4.68. The summed E-state index contributed by atoms with van der Waals surface area (Å²) in [6.45, 7) is 3.59. The lowest BCUT2D eigenvalue weighted by atomic mass is 10.1. The fraction of sp³-hybridized carbons (Fsp3) is 0.133. The zero-order chi connectivity index (χ0) is 15.0. The van der Waals surface area contributed by atoms with E-state index in [0.29, 0.717) is 17.2 Å². The van der Waals surface area contributed by atoms with E-state index in [1.165, 1.54) is 0 Å². The van der Waals surface area contributed by atoms with E-state index < -0.39 is 5.97 Å². The number of aryl methyl sites for hydroxylation is 1. The maximum atomic E-state index is 11.2. The van der Waals surface area contributed by atoms with Gasteiger partial charge in [0.1, 0.15) is 11.3 Å². The lowest BCUT2D eigenvalue weighted by Crippen LogP contribution is -2.02. The summed E-state index contributed by atoms with van der Waals surface area (Å²) in [4.78, 5) is 15.4. The first-order chi connectivity index (χ1) is 10.1. The minimum atomic E-state index is -0.982. The van der Waals surface area contributed by atoms with Gasteiger partial charge in [0.25, 0.3) is 0 Å². The molecule has 0 saturated heterocycles. The first-order valence-electron chi connectivity index (χ1n) is 6.38. The Kier molecular flexibility index (Phi) is 3.06. The van der Waals surface area contributed by atoms with E-state index in [2.05, 4.69) is 10.1 Å². The Morgan fingerprint density at radius 3 is 2.90 bits per heavy atom. The van der Waals surface area contributed by atoms with E-state index in [0.717, 1.165) is 11.2 Å². The van der Waals surface area contributed by atoms with Crippen molar-refractivity contribution in [2.45, 2.75) is 13.8 Å². The zero-order valence-corrected chi connectivity index (χ0v) is 11.6. The quantitative estimate of drug-likeness (QED) is 0.799. The molecule has 2 heterocycles. The van der Waals surface area contributed by atoms with Crippen molar-refractivity contribution in [3.8, 4) is 11.6 Å². The Morgan fingerprint density at radius 2 is 2.14 bits per heavy atom. The van der Waals surface area contributed by atoms with Crippen LogP contribution in [0.4, 0.5) is 0 Å². The number of benzene rings is 1. The van der Waals surface area contributed by atoms with Gasteiger partial charge in [0, 0.05) is 18.0 Å².